The molecule has 1 aromatic rings. The lowest BCUT2D eigenvalue weighted by Gasteiger charge is -2.29. The molecular formula is C18H27N3O2. The molecular weight excluding hydrogens is 290 g/mol. The van der Waals surface area contributed by atoms with Crippen LogP contribution in [0.5, 0.6) is 0 Å². The van der Waals surface area contributed by atoms with Crippen molar-refractivity contribution in [2.24, 2.45) is 0 Å². The number of carbonyl (C=O) groups excluding carboxylic acids is 1. The van der Waals surface area contributed by atoms with E-state index in [0.29, 0.717) is 13.0 Å². The molecule has 23 heavy (non-hydrogen) atoms. The highest BCUT2D eigenvalue weighted by Gasteiger charge is 2.23. The normalized spacial score (nSPS) is 16.2. The topological polar surface area (TPSA) is 64.6 Å². The summed E-state index contributed by atoms with van der Waals surface area (Å²) < 4.78 is 0. The molecule has 0 radical (unpaired) electrons. The van der Waals surface area contributed by atoms with Gasteiger partial charge in [-0.1, -0.05) is 31.2 Å². The van der Waals surface area contributed by atoms with Gasteiger partial charge in [-0.05, 0) is 37.5 Å². The highest BCUT2D eigenvalue weighted by Crippen LogP contribution is 2.17. The Balaban J connectivity index is 1.82. The second-order valence-corrected chi connectivity index (χ2v) is 6.24. The number of amides is 2. The van der Waals surface area contributed by atoms with E-state index in [-0.39, 0.29) is 18.2 Å². The first-order valence-corrected chi connectivity index (χ1v) is 8.22. The molecule has 1 aliphatic heterocycles. The molecule has 5 heteroatoms. The summed E-state index contributed by atoms with van der Waals surface area (Å²) in [5.74, 6) is 0. The monoisotopic (exact) mass is 317 g/mol. The quantitative estimate of drug-likeness (QED) is 0.677. The number of nitrogens with zero attached hydrogens (tertiary/aromatic N) is 1. The van der Waals surface area contributed by atoms with Crippen molar-refractivity contribution >= 4 is 11.7 Å². The number of hydrogen-bond donors (Lipinski definition) is 3. The lowest BCUT2D eigenvalue weighted by atomic mass is 9.95. The van der Waals surface area contributed by atoms with E-state index in [9.17, 15) is 4.79 Å². The zero-order chi connectivity index (χ0) is 16.7. The minimum absolute atomic E-state index is 0.0669. The fourth-order valence-corrected chi connectivity index (χ4v) is 2.59. The Kier molecular flexibility index (Phi) is 6.04. The lowest BCUT2D eigenvalue weighted by molar-refractivity contribution is 0.200. The molecule has 126 valence electrons. The summed E-state index contributed by atoms with van der Waals surface area (Å²) in [5.41, 5.74) is 1.90. The van der Waals surface area contributed by atoms with Crippen LogP contribution in [0, 0.1) is 0 Å². The second-order valence-electron chi connectivity index (χ2n) is 6.24. The lowest BCUT2D eigenvalue weighted by Crippen LogP contribution is -2.50. The molecule has 3 N–H and O–H groups in total. The maximum Gasteiger partial charge on any atom is 0.315 e. The Morgan fingerprint density at radius 1 is 1.26 bits per heavy atom. The molecule has 0 saturated carbocycles. The number of hydrogen-bond acceptors (Lipinski definition) is 3. The number of urea groups is 1. The molecule has 0 aliphatic carbocycles. The van der Waals surface area contributed by atoms with Gasteiger partial charge in [0.25, 0.3) is 0 Å². The number of aliphatic hydroxyl groups excluding tert-OH is 1. The number of aliphatic hydroxyl groups is 1. The Labute approximate surface area is 138 Å². The van der Waals surface area contributed by atoms with Gasteiger partial charge in [-0.15, -0.1) is 0 Å². The molecule has 5 nitrogen and oxygen atoms in total. The first-order chi connectivity index (χ1) is 11.1. The van der Waals surface area contributed by atoms with Gasteiger partial charge in [0, 0.05) is 37.5 Å². The average molecular weight is 317 g/mol. The third-order valence-electron chi connectivity index (χ3n) is 4.43. The van der Waals surface area contributed by atoms with E-state index in [0.717, 1.165) is 25.1 Å². The Morgan fingerprint density at radius 3 is 2.48 bits per heavy atom. The summed E-state index contributed by atoms with van der Waals surface area (Å²) >= 11 is 0. The van der Waals surface area contributed by atoms with Crippen LogP contribution in [0.2, 0.25) is 0 Å². The Bertz CT molecular complexity index is 534. The van der Waals surface area contributed by atoms with E-state index in [4.69, 9.17) is 5.11 Å². The highest BCUT2D eigenvalue weighted by molar-refractivity contribution is 5.74. The van der Waals surface area contributed by atoms with Crippen molar-refractivity contribution in [1.82, 2.24) is 10.6 Å². The van der Waals surface area contributed by atoms with Crippen LogP contribution in [0.3, 0.4) is 0 Å². The van der Waals surface area contributed by atoms with Crippen LogP contribution in [-0.4, -0.2) is 36.4 Å². The van der Waals surface area contributed by atoms with Crippen molar-refractivity contribution < 1.29 is 9.90 Å². The summed E-state index contributed by atoms with van der Waals surface area (Å²) in [6.45, 7) is 6.42. The van der Waals surface area contributed by atoms with E-state index in [1.54, 1.807) is 0 Å². The fourth-order valence-electron chi connectivity index (χ4n) is 2.59. The largest absolute Gasteiger partial charge is 0.396 e. The third-order valence-corrected chi connectivity index (χ3v) is 4.43. The van der Waals surface area contributed by atoms with Gasteiger partial charge in [0.05, 0.1) is 0 Å². The molecule has 2 rings (SSSR count). The van der Waals surface area contributed by atoms with Crippen LogP contribution in [0.4, 0.5) is 10.5 Å². The standard InChI is InChI=1S/C18H27N3O2/c1-3-18(2,10-13-22)20-17(23)19-14-15-6-8-16(9-7-15)21-11-4-5-12-21/h4-9,22H,3,10-14H2,1-2H3,(H2,19,20,23). The molecule has 1 unspecified atom stereocenters. The van der Waals surface area contributed by atoms with Gasteiger partial charge >= 0.3 is 6.03 Å². The zero-order valence-corrected chi connectivity index (χ0v) is 14.0. The van der Waals surface area contributed by atoms with Crippen molar-refractivity contribution in [1.29, 1.82) is 0 Å². The molecule has 1 aromatic carbocycles. The summed E-state index contributed by atoms with van der Waals surface area (Å²) in [7, 11) is 0. The van der Waals surface area contributed by atoms with Gasteiger partial charge < -0.3 is 20.6 Å². The van der Waals surface area contributed by atoms with Crippen LogP contribution < -0.4 is 15.5 Å². The summed E-state index contributed by atoms with van der Waals surface area (Å²) in [5, 5.41) is 14.9. The van der Waals surface area contributed by atoms with E-state index < -0.39 is 0 Å². The van der Waals surface area contributed by atoms with Crippen molar-refractivity contribution in [3.05, 3.63) is 42.0 Å². The van der Waals surface area contributed by atoms with Crippen LogP contribution in [0.25, 0.3) is 0 Å². The SMILES string of the molecule is CCC(C)(CCO)NC(=O)NCc1ccc(N2CC=CC2)cc1. The average Bonchev–Trinajstić information content (AvgIpc) is 3.08. The molecule has 2 amide bonds. The first-order valence-electron chi connectivity index (χ1n) is 8.22. The van der Waals surface area contributed by atoms with Crippen LogP contribution in [0.1, 0.15) is 32.3 Å². The summed E-state index contributed by atoms with van der Waals surface area (Å²) in [6.07, 6.45) is 5.66. The Morgan fingerprint density at radius 2 is 1.91 bits per heavy atom. The second kappa shape index (κ2) is 8.02. The molecule has 0 bridgehead atoms. The van der Waals surface area contributed by atoms with Gasteiger partial charge in [0.15, 0.2) is 0 Å². The maximum atomic E-state index is 12.0. The molecule has 1 atom stereocenters. The number of rotatable bonds is 7. The van der Waals surface area contributed by atoms with Gasteiger partial charge in [0.1, 0.15) is 0 Å². The minimum Gasteiger partial charge on any atom is -0.396 e. The minimum atomic E-state index is -0.370. The Hall–Kier alpha value is -2.01. The first kappa shape index (κ1) is 17.3. The van der Waals surface area contributed by atoms with Gasteiger partial charge in [-0.2, -0.15) is 0 Å². The zero-order valence-electron chi connectivity index (χ0n) is 14.0. The molecule has 0 spiro atoms. The smallest absolute Gasteiger partial charge is 0.315 e. The van der Waals surface area contributed by atoms with Gasteiger partial charge in [-0.3, -0.25) is 0 Å². The third kappa shape index (κ3) is 4.99. The van der Waals surface area contributed by atoms with Crippen LogP contribution in [-0.2, 0) is 6.54 Å². The summed E-state index contributed by atoms with van der Waals surface area (Å²) in [6, 6.07) is 8.06. The fraction of sp³-hybridized carbons (Fsp3) is 0.500. The molecule has 1 aliphatic rings. The van der Waals surface area contributed by atoms with Crippen molar-refractivity contribution in [3.8, 4) is 0 Å². The van der Waals surface area contributed by atoms with Crippen LogP contribution in [0.15, 0.2) is 36.4 Å². The molecule has 1 heterocycles. The number of carbonyl (C=O) groups is 1. The van der Waals surface area contributed by atoms with E-state index >= 15 is 0 Å². The van der Waals surface area contributed by atoms with Crippen molar-refractivity contribution in [2.75, 3.05) is 24.6 Å². The van der Waals surface area contributed by atoms with Crippen molar-refractivity contribution in [3.63, 3.8) is 0 Å². The van der Waals surface area contributed by atoms with Crippen molar-refractivity contribution in [2.45, 2.75) is 38.8 Å². The number of benzene rings is 1. The molecule has 0 aromatic heterocycles. The van der Waals surface area contributed by atoms with E-state index in [1.807, 2.05) is 26.0 Å². The molecule has 0 saturated heterocycles. The van der Waals surface area contributed by atoms with Crippen LogP contribution >= 0.6 is 0 Å². The summed E-state index contributed by atoms with van der Waals surface area (Å²) in [4.78, 5) is 14.3. The van der Waals surface area contributed by atoms with E-state index in [1.165, 1.54) is 5.69 Å². The maximum absolute atomic E-state index is 12.0. The van der Waals surface area contributed by atoms with E-state index in [2.05, 4.69) is 39.8 Å². The number of anilines is 1. The predicted molar refractivity (Wildman–Crippen MR) is 93.6 cm³/mol. The number of nitrogens with one attached hydrogen (secondary N) is 2. The highest BCUT2D eigenvalue weighted by atomic mass is 16.3. The van der Waals surface area contributed by atoms with Gasteiger partial charge in [0.2, 0.25) is 0 Å². The van der Waals surface area contributed by atoms with Gasteiger partial charge in [-0.25, -0.2) is 4.79 Å². The molecule has 0 fully saturated rings. The predicted octanol–water partition coefficient (Wildman–Crippen LogP) is 2.41.